The Hall–Kier alpha value is -3.13. The van der Waals surface area contributed by atoms with Crippen molar-refractivity contribution in [2.45, 2.75) is 24.8 Å². The number of carbonyl (C=O) groups excluding carboxylic acids is 2. The number of nitrogens with zero attached hydrogens (tertiary/aromatic N) is 4. The molecule has 0 saturated carbocycles. The van der Waals surface area contributed by atoms with Crippen LogP contribution in [0.4, 0.5) is 0 Å². The van der Waals surface area contributed by atoms with Crippen molar-refractivity contribution in [2.75, 3.05) is 27.2 Å². The van der Waals surface area contributed by atoms with Gasteiger partial charge in [0.25, 0.3) is 0 Å². The third-order valence-electron chi connectivity index (χ3n) is 6.57. The van der Waals surface area contributed by atoms with Gasteiger partial charge < -0.3 is 19.3 Å². The van der Waals surface area contributed by atoms with Crippen LogP contribution >= 0.6 is 0 Å². The Morgan fingerprint density at radius 3 is 3.03 bits per heavy atom. The molecule has 31 heavy (non-hydrogen) atoms. The summed E-state index contributed by atoms with van der Waals surface area (Å²) in [6.45, 7) is 2.05. The molecule has 2 aromatic rings. The summed E-state index contributed by atoms with van der Waals surface area (Å²) in [5, 5.41) is 4.18. The summed E-state index contributed by atoms with van der Waals surface area (Å²) in [6.07, 6.45) is 7.18. The van der Waals surface area contributed by atoms with E-state index < -0.39 is 17.4 Å². The molecular formula is C23H26N4O4. The van der Waals surface area contributed by atoms with Crippen molar-refractivity contribution in [3.8, 4) is 5.75 Å². The molecule has 1 aromatic heterocycles. The fourth-order valence-electron chi connectivity index (χ4n) is 5.04. The largest absolute Gasteiger partial charge is 0.497 e. The summed E-state index contributed by atoms with van der Waals surface area (Å²) in [5.41, 5.74) is 0.283. The zero-order valence-corrected chi connectivity index (χ0v) is 17.7. The average Bonchev–Trinajstić information content (AvgIpc) is 3.55. The number of rotatable bonds is 7. The van der Waals surface area contributed by atoms with Gasteiger partial charge in [0.05, 0.1) is 38.1 Å². The highest BCUT2D eigenvalue weighted by atomic mass is 16.5. The van der Waals surface area contributed by atoms with Gasteiger partial charge in [-0.2, -0.15) is 5.10 Å². The topological polar surface area (TPSA) is 76.9 Å². The summed E-state index contributed by atoms with van der Waals surface area (Å²) < 4.78 is 13.3. The molecule has 2 fully saturated rings. The molecule has 1 spiro atoms. The molecule has 3 aliphatic rings. The second-order valence-electron chi connectivity index (χ2n) is 8.47. The van der Waals surface area contributed by atoms with Crippen LogP contribution in [0.25, 0.3) is 0 Å². The van der Waals surface area contributed by atoms with E-state index in [2.05, 4.69) is 5.10 Å². The molecule has 8 nitrogen and oxygen atoms in total. The van der Waals surface area contributed by atoms with Crippen LogP contribution in [0.1, 0.15) is 5.56 Å². The molecule has 4 heterocycles. The fraction of sp³-hybridized carbons (Fsp3) is 0.435. The van der Waals surface area contributed by atoms with Crippen LogP contribution in [0.3, 0.4) is 0 Å². The van der Waals surface area contributed by atoms with Crippen LogP contribution in [-0.4, -0.2) is 70.3 Å². The molecule has 4 atom stereocenters. The SMILES string of the molecule is COc1cccc(CN2C[C@]34C=C[C@H](O3)C(C(=O)N(C)CCn3cccn3)C4C2=O)c1. The first-order chi connectivity index (χ1) is 15.0. The third kappa shape index (κ3) is 3.31. The van der Waals surface area contributed by atoms with Crippen LogP contribution in [0.15, 0.2) is 54.9 Å². The van der Waals surface area contributed by atoms with E-state index in [4.69, 9.17) is 9.47 Å². The molecule has 0 N–H and O–H groups in total. The summed E-state index contributed by atoms with van der Waals surface area (Å²) in [4.78, 5) is 30.2. The molecule has 2 bridgehead atoms. The number of likely N-dealkylation sites (N-methyl/N-ethyl adjacent to an activating group) is 1. The van der Waals surface area contributed by atoms with Gasteiger partial charge in [-0.05, 0) is 23.8 Å². The minimum atomic E-state index is -0.705. The van der Waals surface area contributed by atoms with E-state index in [1.807, 2.05) is 48.7 Å². The number of fused-ring (bicyclic) bond motifs is 1. The van der Waals surface area contributed by atoms with Gasteiger partial charge >= 0.3 is 0 Å². The highest BCUT2D eigenvalue weighted by Crippen LogP contribution is 2.52. The highest BCUT2D eigenvalue weighted by Gasteiger charge is 2.67. The van der Waals surface area contributed by atoms with Gasteiger partial charge in [-0.15, -0.1) is 0 Å². The Balaban J connectivity index is 1.32. The van der Waals surface area contributed by atoms with E-state index in [1.165, 1.54) is 0 Å². The van der Waals surface area contributed by atoms with Crippen molar-refractivity contribution in [1.29, 1.82) is 0 Å². The average molecular weight is 422 g/mol. The summed E-state index contributed by atoms with van der Waals surface area (Å²) >= 11 is 0. The maximum Gasteiger partial charge on any atom is 0.230 e. The van der Waals surface area contributed by atoms with Gasteiger partial charge in [-0.25, -0.2) is 0 Å². The quantitative estimate of drug-likeness (QED) is 0.630. The molecule has 0 aliphatic carbocycles. The number of hydrogen-bond donors (Lipinski definition) is 0. The fourth-order valence-corrected chi connectivity index (χ4v) is 5.04. The van der Waals surface area contributed by atoms with Crippen LogP contribution in [0, 0.1) is 11.8 Å². The lowest BCUT2D eigenvalue weighted by molar-refractivity contribution is -0.142. The molecule has 2 unspecified atom stereocenters. The molecule has 1 aromatic carbocycles. The maximum absolute atomic E-state index is 13.4. The first-order valence-corrected chi connectivity index (χ1v) is 10.5. The van der Waals surface area contributed by atoms with Crippen LogP contribution in [0.5, 0.6) is 5.75 Å². The van der Waals surface area contributed by atoms with Crippen molar-refractivity contribution in [3.05, 3.63) is 60.4 Å². The molecule has 2 saturated heterocycles. The minimum absolute atomic E-state index is 0.0199. The van der Waals surface area contributed by atoms with Crippen molar-refractivity contribution in [1.82, 2.24) is 19.6 Å². The number of aromatic nitrogens is 2. The Morgan fingerprint density at radius 1 is 1.39 bits per heavy atom. The number of carbonyl (C=O) groups is 2. The molecule has 8 heteroatoms. The summed E-state index contributed by atoms with van der Waals surface area (Å²) in [6, 6.07) is 9.55. The minimum Gasteiger partial charge on any atom is -0.497 e. The Kier molecular flexibility index (Phi) is 4.81. The first-order valence-electron chi connectivity index (χ1n) is 10.5. The number of amides is 2. The van der Waals surface area contributed by atoms with E-state index >= 15 is 0 Å². The first kappa shape index (κ1) is 19.8. The van der Waals surface area contributed by atoms with E-state index in [9.17, 15) is 9.59 Å². The number of likely N-dealkylation sites (tertiary alicyclic amines) is 1. The lowest BCUT2D eigenvalue weighted by Crippen LogP contribution is -2.45. The smallest absolute Gasteiger partial charge is 0.230 e. The Morgan fingerprint density at radius 2 is 2.26 bits per heavy atom. The monoisotopic (exact) mass is 422 g/mol. The second-order valence-corrected chi connectivity index (χ2v) is 8.47. The van der Waals surface area contributed by atoms with Gasteiger partial charge in [-0.1, -0.05) is 24.3 Å². The Bertz CT molecular complexity index is 1020. The van der Waals surface area contributed by atoms with Crippen LogP contribution in [0.2, 0.25) is 0 Å². The van der Waals surface area contributed by atoms with Crippen LogP contribution < -0.4 is 4.74 Å². The molecule has 0 radical (unpaired) electrons. The number of benzene rings is 1. The summed E-state index contributed by atoms with van der Waals surface area (Å²) in [7, 11) is 3.40. The van der Waals surface area contributed by atoms with Crippen molar-refractivity contribution in [2.24, 2.45) is 11.8 Å². The van der Waals surface area contributed by atoms with E-state index in [0.29, 0.717) is 26.2 Å². The number of methoxy groups -OCH3 is 1. The predicted molar refractivity (Wildman–Crippen MR) is 112 cm³/mol. The van der Waals surface area contributed by atoms with Crippen molar-refractivity contribution >= 4 is 11.8 Å². The predicted octanol–water partition coefficient (Wildman–Crippen LogP) is 1.33. The third-order valence-corrected chi connectivity index (χ3v) is 6.57. The number of hydrogen-bond acceptors (Lipinski definition) is 5. The van der Waals surface area contributed by atoms with E-state index in [0.717, 1.165) is 11.3 Å². The second kappa shape index (κ2) is 7.53. The van der Waals surface area contributed by atoms with E-state index in [1.54, 1.807) is 34.8 Å². The Labute approximate surface area is 181 Å². The standard InChI is InChI=1S/C23H26N4O4/c1-25(11-12-27-10-4-9-24-27)21(28)19-18-7-8-23(31-18)15-26(22(29)20(19)23)14-16-5-3-6-17(13-16)30-2/h3-10,13,18-20H,11-12,14-15H2,1-2H3/t18-,19?,20?,23-/m0/s1. The van der Waals surface area contributed by atoms with E-state index in [-0.39, 0.29) is 17.9 Å². The number of ether oxygens (including phenoxy) is 2. The van der Waals surface area contributed by atoms with Gasteiger partial charge in [0.2, 0.25) is 11.8 Å². The maximum atomic E-state index is 13.4. The summed E-state index contributed by atoms with van der Waals surface area (Å²) in [5.74, 6) is -0.284. The molecule has 5 rings (SSSR count). The molecule has 3 aliphatic heterocycles. The van der Waals surface area contributed by atoms with Gasteiger partial charge in [-0.3, -0.25) is 14.3 Å². The highest BCUT2D eigenvalue weighted by molar-refractivity contribution is 5.93. The zero-order chi connectivity index (χ0) is 21.6. The molecule has 162 valence electrons. The lowest BCUT2D eigenvalue weighted by atomic mass is 9.76. The molecule has 2 amide bonds. The van der Waals surface area contributed by atoms with Gasteiger partial charge in [0.15, 0.2) is 0 Å². The van der Waals surface area contributed by atoms with Crippen molar-refractivity contribution in [3.63, 3.8) is 0 Å². The zero-order valence-electron chi connectivity index (χ0n) is 17.7. The van der Waals surface area contributed by atoms with Crippen molar-refractivity contribution < 1.29 is 19.1 Å². The normalized spacial score (nSPS) is 28.3. The lowest BCUT2D eigenvalue weighted by Gasteiger charge is -2.27. The van der Waals surface area contributed by atoms with Gasteiger partial charge in [0, 0.05) is 32.5 Å². The van der Waals surface area contributed by atoms with Gasteiger partial charge in [0.1, 0.15) is 11.4 Å². The molecular weight excluding hydrogens is 396 g/mol. The van der Waals surface area contributed by atoms with Crippen LogP contribution in [-0.2, 0) is 27.4 Å².